The van der Waals surface area contributed by atoms with Gasteiger partial charge in [-0.25, -0.2) is 0 Å². The molecule has 0 bridgehead atoms. The Morgan fingerprint density at radius 2 is 1.82 bits per heavy atom. The summed E-state index contributed by atoms with van der Waals surface area (Å²) in [6.45, 7) is 5.83. The zero-order valence-corrected chi connectivity index (χ0v) is 18.4. The first-order valence-electron chi connectivity index (χ1n) is 10.3. The number of hydrogen-bond acceptors (Lipinski definition) is 5. The van der Waals surface area contributed by atoms with Gasteiger partial charge < -0.3 is 14.8 Å². The number of nitriles is 1. The lowest BCUT2D eigenvalue weighted by Gasteiger charge is -2.34. The van der Waals surface area contributed by atoms with Crippen molar-refractivity contribution >= 4 is 5.69 Å². The van der Waals surface area contributed by atoms with Crippen molar-refractivity contribution in [2.45, 2.75) is 45.9 Å². The molecular formula is C25H22F3N3O2. The molecule has 0 radical (unpaired) electrons. The Hall–Kier alpha value is -3.57. The zero-order chi connectivity index (χ0) is 23.8. The molecule has 33 heavy (non-hydrogen) atoms. The van der Waals surface area contributed by atoms with Gasteiger partial charge in [-0.1, -0.05) is 18.2 Å². The van der Waals surface area contributed by atoms with Gasteiger partial charge in [0.2, 0.25) is 5.79 Å². The first kappa shape index (κ1) is 22.6. The minimum Gasteiger partial charge on any atom is -0.461 e. The van der Waals surface area contributed by atoms with Crippen molar-refractivity contribution in [1.82, 2.24) is 4.98 Å². The Balaban J connectivity index is 1.63. The van der Waals surface area contributed by atoms with Crippen LogP contribution < -0.4 is 10.1 Å². The van der Waals surface area contributed by atoms with Gasteiger partial charge in [-0.2, -0.15) is 18.4 Å². The topological polar surface area (TPSA) is 67.2 Å². The largest absolute Gasteiger partial charge is 0.461 e. The van der Waals surface area contributed by atoms with Crippen LogP contribution in [-0.4, -0.2) is 10.8 Å². The molecule has 4 rings (SSSR count). The van der Waals surface area contributed by atoms with E-state index in [2.05, 4.69) is 10.3 Å². The lowest BCUT2D eigenvalue weighted by Crippen LogP contribution is -2.36. The number of nitrogens with zero attached hydrogens (tertiary/aromatic N) is 2. The Morgan fingerprint density at radius 1 is 1.12 bits per heavy atom. The summed E-state index contributed by atoms with van der Waals surface area (Å²) in [6.07, 6.45) is -2.92. The minimum atomic E-state index is -4.55. The Kier molecular flexibility index (Phi) is 5.76. The van der Waals surface area contributed by atoms with E-state index in [1.807, 2.05) is 13.0 Å². The normalized spacial score (nSPS) is 14.7. The molecule has 0 saturated heterocycles. The van der Waals surface area contributed by atoms with Crippen molar-refractivity contribution in [2.24, 2.45) is 0 Å². The number of pyridine rings is 1. The number of halogens is 3. The van der Waals surface area contributed by atoms with Gasteiger partial charge in [0, 0.05) is 37.8 Å². The Bertz CT molecular complexity index is 1230. The van der Waals surface area contributed by atoms with Crippen LogP contribution in [0.25, 0.3) is 11.1 Å². The van der Waals surface area contributed by atoms with E-state index in [9.17, 15) is 13.2 Å². The number of rotatable bonds is 4. The number of alkyl halides is 3. The Morgan fingerprint density at radius 3 is 2.48 bits per heavy atom. The highest BCUT2D eigenvalue weighted by molar-refractivity contribution is 5.69. The first-order valence-corrected chi connectivity index (χ1v) is 10.3. The van der Waals surface area contributed by atoms with Gasteiger partial charge in [0.25, 0.3) is 0 Å². The molecule has 0 spiro atoms. The molecule has 0 unspecified atom stereocenters. The second-order valence-electron chi connectivity index (χ2n) is 8.27. The molecule has 170 valence electrons. The van der Waals surface area contributed by atoms with Crippen LogP contribution in [0.1, 0.15) is 41.8 Å². The summed E-state index contributed by atoms with van der Waals surface area (Å²) in [6, 6.07) is 12.6. The highest BCUT2D eigenvalue weighted by atomic mass is 19.4. The maximum atomic E-state index is 13.9. The van der Waals surface area contributed by atoms with Crippen LogP contribution in [0.2, 0.25) is 0 Å². The monoisotopic (exact) mass is 453 g/mol. The van der Waals surface area contributed by atoms with E-state index in [1.54, 1.807) is 50.4 Å². The molecule has 0 saturated carbocycles. The summed E-state index contributed by atoms with van der Waals surface area (Å²) in [5, 5.41) is 11.8. The van der Waals surface area contributed by atoms with Crippen molar-refractivity contribution in [3.05, 3.63) is 76.6 Å². The second-order valence-corrected chi connectivity index (χ2v) is 8.27. The van der Waals surface area contributed by atoms with Gasteiger partial charge in [-0.15, -0.1) is 0 Å². The van der Waals surface area contributed by atoms with Crippen LogP contribution in [0.5, 0.6) is 5.75 Å². The lowest BCUT2D eigenvalue weighted by atomic mass is 10.00. The summed E-state index contributed by atoms with van der Waals surface area (Å²) in [5.41, 5.74) is 2.83. The third-order valence-corrected chi connectivity index (χ3v) is 5.46. The molecule has 2 aromatic carbocycles. The summed E-state index contributed by atoms with van der Waals surface area (Å²) in [4.78, 5) is 4.34. The van der Waals surface area contributed by atoms with Crippen molar-refractivity contribution in [1.29, 1.82) is 5.26 Å². The number of ether oxygens (including phenoxy) is 2. The number of anilines is 1. The maximum absolute atomic E-state index is 13.9. The fourth-order valence-corrected chi connectivity index (χ4v) is 3.68. The van der Waals surface area contributed by atoms with Gasteiger partial charge in [0.05, 0.1) is 29.5 Å². The van der Waals surface area contributed by atoms with E-state index in [0.29, 0.717) is 33.7 Å². The van der Waals surface area contributed by atoms with E-state index in [0.717, 1.165) is 11.6 Å². The van der Waals surface area contributed by atoms with Crippen LogP contribution in [0, 0.1) is 18.3 Å². The van der Waals surface area contributed by atoms with Gasteiger partial charge in [-0.3, -0.25) is 4.98 Å². The number of benzene rings is 2. The van der Waals surface area contributed by atoms with E-state index in [4.69, 9.17) is 14.7 Å². The minimum absolute atomic E-state index is 0.0350. The molecule has 0 atom stereocenters. The van der Waals surface area contributed by atoms with Crippen molar-refractivity contribution in [3.63, 3.8) is 0 Å². The number of fused-ring (bicyclic) bond motifs is 1. The third-order valence-electron chi connectivity index (χ3n) is 5.46. The molecular weight excluding hydrogens is 431 g/mol. The average Bonchev–Trinajstić information content (AvgIpc) is 2.78. The molecule has 1 N–H and O–H groups in total. The van der Waals surface area contributed by atoms with E-state index >= 15 is 0 Å². The molecule has 3 aromatic rings. The second kappa shape index (κ2) is 8.41. The highest BCUT2D eigenvalue weighted by Crippen LogP contribution is 2.39. The summed E-state index contributed by atoms with van der Waals surface area (Å²) in [5.74, 6) is -0.186. The highest BCUT2D eigenvalue weighted by Gasteiger charge is 2.34. The molecule has 1 aliphatic rings. The predicted molar refractivity (Wildman–Crippen MR) is 117 cm³/mol. The molecule has 1 aromatic heterocycles. The van der Waals surface area contributed by atoms with Crippen LogP contribution in [-0.2, 0) is 24.1 Å². The van der Waals surface area contributed by atoms with Crippen LogP contribution >= 0.6 is 0 Å². The smallest absolute Gasteiger partial charge is 0.418 e. The van der Waals surface area contributed by atoms with Crippen LogP contribution in [0.3, 0.4) is 0 Å². The summed E-state index contributed by atoms with van der Waals surface area (Å²) < 4.78 is 53.2. The van der Waals surface area contributed by atoms with Gasteiger partial charge in [-0.05, 0) is 47.9 Å². The fraction of sp³-hybridized carbons (Fsp3) is 0.280. The SMILES string of the molecule is Cc1ncc(CNc2ccc(-c3ccc(C#N)cc3)cc2C(F)(F)F)c2c1OC(C)(C)OC2. The molecule has 2 heterocycles. The molecule has 5 nitrogen and oxygen atoms in total. The number of nitrogens with one attached hydrogen (secondary N) is 1. The first-order chi connectivity index (χ1) is 15.6. The van der Waals surface area contributed by atoms with Crippen molar-refractivity contribution in [2.75, 3.05) is 5.32 Å². The number of aromatic nitrogens is 1. The number of aryl methyl sites for hydroxylation is 1. The predicted octanol–water partition coefficient (Wildman–Crippen LogP) is 6.20. The molecule has 0 fully saturated rings. The van der Waals surface area contributed by atoms with Gasteiger partial charge in [0.15, 0.2) is 0 Å². The van der Waals surface area contributed by atoms with Gasteiger partial charge >= 0.3 is 6.18 Å². The Labute approximate surface area is 189 Å². The standard InChI is InChI=1S/C25H22F3N3O2/c1-15-23-20(14-32-24(2,3)33-23)19(12-30-15)13-31-22-9-8-18(10-21(22)25(26,27)28)17-6-4-16(11-29)5-7-17/h4-10,12,31H,13-14H2,1-3H3. The maximum Gasteiger partial charge on any atom is 0.418 e. The van der Waals surface area contributed by atoms with E-state index in [1.165, 1.54) is 6.07 Å². The molecule has 8 heteroatoms. The lowest BCUT2D eigenvalue weighted by molar-refractivity contribution is -0.180. The summed E-state index contributed by atoms with van der Waals surface area (Å²) >= 11 is 0. The van der Waals surface area contributed by atoms with E-state index in [-0.39, 0.29) is 18.8 Å². The van der Waals surface area contributed by atoms with Crippen LogP contribution in [0.15, 0.2) is 48.7 Å². The fourth-order valence-electron chi connectivity index (χ4n) is 3.68. The summed E-state index contributed by atoms with van der Waals surface area (Å²) in [7, 11) is 0. The van der Waals surface area contributed by atoms with Crippen molar-refractivity contribution in [3.8, 4) is 22.9 Å². The molecule has 0 amide bonds. The molecule has 1 aliphatic heterocycles. The quantitative estimate of drug-likeness (QED) is 0.509. The third kappa shape index (κ3) is 4.78. The molecule has 0 aliphatic carbocycles. The zero-order valence-electron chi connectivity index (χ0n) is 18.4. The van der Waals surface area contributed by atoms with Crippen molar-refractivity contribution < 1.29 is 22.6 Å². The van der Waals surface area contributed by atoms with Gasteiger partial charge in [0.1, 0.15) is 5.75 Å². The van der Waals surface area contributed by atoms with Crippen LogP contribution in [0.4, 0.5) is 18.9 Å². The average molecular weight is 453 g/mol. The van der Waals surface area contributed by atoms with E-state index < -0.39 is 17.5 Å². The number of hydrogen-bond donors (Lipinski definition) is 1.